The van der Waals surface area contributed by atoms with E-state index >= 15 is 0 Å². The van der Waals surface area contributed by atoms with E-state index in [0.29, 0.717) is 5.75 Å². The zero-order chi connectivity index (χ0) is 13.5. The molecule has 98 valence electrons. The summed E-state index contributed by atoms with van der Waals surface area (Å²) in [6, 6.07) is 7.56. The minimum atomic E-state index is -0.315. The molecular formula is C14H20N2O2. The summed E-state index contributed by atoms with van der Waals surface area (Å²) in [5.74, 6) is 1.45. The van der Waals surface area contributed by atoms with Crippen LogP contribution in [-0.4, -0.2) is 32.2 Å². The van der Waals surface area contributed by atoms with Gasteiger partial charge >= 0.3 is 0 Å². The van der Waals surface area contributed by atoms with Gasteiger partial charge in [0.25, 0.3) is 0 Å². The molecule has 0 aromatic heterocycles. The molecule has 0 aliphatic rings. The fourth-order valence-electron chi connectivity index (χ4n) is 1.99. The van der Waals surface area contributed by atoms with Gasteiger partial charge in [-0.3, -0.25) is 4.90 Å². The van der Waals surface area contributed by atoms with Gasteiger partial charge in [-0.15, -0.1) is 0 Å². The Balaban J connectivity index is 3.22. The molecule has 0 spiro atoms. The summed E-state index contributed by atoms with van der Waals surface area (Å²) >= 11 is 0. The zero-order valence-electron chi connectivity index (χ0n) is 11.4. The number of hydrogen-bond acceptors (Lipinski definition) is 4. The lowest BCUT2D eigenvalue weighted by atomic mass is 10.0. The van der Waals surface area contributed by atoms with E-state index in [1.165, 1.54) is 0 Å². The van der Waals surface area contributed by atoms with E-state index in [2.05, 4.69) is 11.0 Å². The second-order valence-electron chi connectivity index (χ2n) is 3.86. The Hall–Kier alpha value is -1.73. The Bertz CT molecular complexity index is 422. The van der Waals surface area contributed by atoms with Gasteiger partial charge in [-0.1, -0.05) is 13.8 Å². The number of nitriles is 1. The minimum absolute atomic E-state index is 0.315. The first-order valence-corrected chi connectivity index (χ1v) is 6.07. The average Bonchev–Trinajstić information content (AvgIpc) is 2.43. The van der Waals surface area contributed by atoms with Crippen molar-refractivity contribution in [2.75, 3.05) is 27.3 Å². The van der Waals surface area contributed by atoms with E-state index in [9.17, 15) is 5.26 Å². The van der Waals surface area contributed by atoms with Crippen molar-refractivity contribution in [2.45, 2.75) is 19.9 Å². The van der Waals surface area contributed by atoms with Crippen LogP contribution in [-0.2, 0) is 0 Å². The third-order valence-electron chi connectivity index (χ3n) is 3.03. The van der Waals surface area contributed by atoms with Gasteiger partial charge < -0.3 is 9.47 Å². The first kappa shape index (κ1) is 14.3. The van der Waals surface area contributed by atoms with Crippen LogP contribution in [0, 0.1) is 11.3 Å². The summed E-state index contributed by atoms with van der Waals surface area (Å²) in [6.07, 6.45) is 0. The highest BCUT2D eigenvalue weighted by molar-refractivity contribution is 5.44. The molecular weight excluding hydrogens is 228 g/mol. The van der Waals surface area contributed by atoms with Crippen molar-refractivity contribution in [2.24, 2.45) is 0 Å². The highest BCUT2D eigenvalue weighted by atomic mass is 16.5. The molecule has 0 amide bonds. The molecule has 1 atom stereocenters. The molecule has 1 rings (SSSR count). The highest BCUT2D eigenvalue weighted by Crippen LogP contribution is 2.32. The maximum atomic E-state index is 9.41. The van der Waals surface area contributed by atoms with Gasteiger partial charge in [0.15, 0.2) is 0 Å². The number of methoxy groups -OCH3 is 2. The summed E-state index contributed by atoms with van der Waals surface area (Å²) in [5.41, 5.74) is 0.850. The van der Waals surface area contributed by atoms with Crippen LogP contribution in [0.2, 0.25) is 0 Å². The summed E-state index contributed by atoms with van der Waals surface area (Å²) in [4.78, 5) is 2.08. The number of hydrogen-bond donors (Lipinski definition) is 0. The monoisotopic (exact) mass is 248 g/mol. The fourth-order valence-corrected chi connectivity index (χ4v) is 1.99. The molecule has 18 heavy (non-hydrogen) atoms. The maximum Gasteiger partial charge on any atom is 0.127 e. The van der Waals surface area contributed by atoms with Gasteiger partial charge in [-0.05, 0) is 31.3 Å². The van der Waals surface area contributed by atoms with E-state index < -0.39 is 0 Å². The molecule has 1 aromatic carbocycles. The van der Waals surface area contributed by atoms with E-state index in [1.807, 2.05) is 32.0 Å². The van der Waals surface area contributed by atoms with Crippen molar-refractivity contribution in [1.29, 1.82) is 5.26 Å². The number of rotatable bonds is 6. The molecule has 1 aromatic rings. The van der Waals surface area contributed by atoms with E-state index in [-0.39, 0.29) is 6.04 Å². The standard InChI is InChI=1S/C14H20N2O2/c1-5-16(6-2)13(10-15)12-9-11(17-3)7-8-14(12)18-4/h7-9,13H,5-6H2,1-4H3. The minimum Gasteiger partial charge on any atom is -0.497 e. The van der Waals surface area contributed by atoms with Crippen molar-refractivity contribution in [3.63, 3.8) is 0 Å². The van der Waals surface area contributed by atoms with Gasteiger partial charge in [-0.2, -0.15) is 5.26 Å². The molecule has 0 aliphatic heterocycles. The Morgan fingerprint density at radius 2 is 1.89 bits per heavy atom. The molecule has 0 fully saturated rings. The van der Waals surface area contributed by atoms with E-state index in [4.69, 9.17) is 9.47 Å². The van der Waals surface area contributed by atoms with Crippen LogP contribution in [0.4, 0.5) is 0 Å². The second kappa shape index (κ2) is 6.87. The lowest BCUT2D eigenvalue weighted by Gasteiger charge is -2.25. The first-order valence-electron chi connectivity index (χ1n) is 6.07. The summed E-state index contributed by atoms with van der Waals surface area (Å²) < 4.78 is 10.5. The Labute approximate surface area is 109 Å². The van der Waals surface area contributed by atoms with Crippen LogP contribution in [0.1, 0.15) is 25.5 Å². The van der Waals surface area contributed by atoms with Crippen molar-refractivity contribution in [3.8, 4) is 17.6 Å². The fraction of sp³-hybridized carbons (Fsp3) is 0.500. The molecule has 0 saturated carbocycles. The summed E-state index contributed by atoms with van der Waals surface area (Å²) in [7, 11) is 3.23. The number of benzene rings is 1. The molecule has 0 aliphatic carbocycles. The number of nitrogens with zero attached hydrogens (tertiary/aromatic N) is 2. The van der Waals surface area contributed by atoms with Crippen LogP contribution >= 0.6 is 0 Å². The molecule has 4 heteroatoms. The van der Waals surface area contributed by atoms with Gasteiger partial charge in [0.05, 0.1) is 20.3 Å². The molecule has 0 N–H and O–H groups in total. The zero-order valence-corrected chi connectivity index (χ0v) is 11.4. The third-order valence-corrected chi connectivity index (χ3v) is 3.03. The molecule has 1 unspecified atom stereocenters. The normalized spacial score (nSPS) is 12.0. The lowest BCUT2D eigenvalue weighted by Crippen LogP contribution is -2.27. The molecule has 4 nitrogen and oxygen atoms in total. The Morgan fingerprint density at radius 1 is 1.22 bits per heavy atom. The average molecular weight is 248 g/mol. The van der Waals surface area contributed by atoms with Gasteiger partial charge in [0.1, 0.15) is 17.5 Å². The van der Waals surface area contributed by atoms with Crippen molar-refractivity contribution in [1.82, 2.24) is 4.90 Å². The van der Waals surface area contributed by atoms with Crippen LogP contribution in [0.3, 0.4) is 0 Å². The smallest absolute Gasteiger partial charge is 0.127 e. The quantitative estimate of drug-likeness (QED) is 0.776. The second-order valence-corrected chi connectivity index (χ2v) is 3.86. The van der Waals surface area contributed by atoms with Crippen molar-refractivity contribution in [3.05, 3.63) is 23.8 Å². The van der Waals surface area contributed by atoms with E-state index in [1.54, 1.807) is 14.2 Å². The van der Waals surface area contributed by atoms with Gasteiger partial charge in [0.2, 0.25) is 0 Å². The first-order chi connectivity index (χ1) is 8.71. The lowest BCUT2D eigenvalue weighted by molar-refractivity contribution is 0.256. The highest BCUT2D eigenvalue weighted by Gasteiger charge is 2.21. The van der Waals surface area contributed by atoms with E-state index in [0.717, 1.165) is 24.4 Å². The van der Waals surface area contributed by atoms with Crippen LogP contribution in [0.5, 0.6) is 11.5 Å². The SMILES string of the molecule is CCN(CC)C(C#N)c1cc(OC)ccc1OC. The molecule has 0 saturated heterocycles. The largest absolute Gasteiger partial charge is 0.497 e. The van der Waals surface area contributed by atoms with Crippen molar-refractivity contribution < 1.29 is 9.47 Å². The molecule has 0 bridgehead atoms. The summed E-state index contributed by atoms with van der Waals surface area (Å²) in [6.45, 7) is 5.71. The van der Waals surface area contributed by atoms with Crippen LogP contribution in [0.15, 0.2) is 18.2 Å². The predicted octanol–water partition coefficient (Wildman–Crippen LogP) is 2.61. The summed E-state index contributed by atoms with van der Waals surface area (Å²) in [5, 5.41) is 9.41. The third kappa shape index (κ3) is 2.93. The maximum absolute atomic E-state index is 9.41. The Morgan fingerprint density at radius 3 is 2.33 bits per heavy atom. The van der Waals surface area contributed by atoms with Crippen LogP contribution in [0.25, 0.3) is 0 Å². The predicted molar refractivity (Wildman–Crippen MR) is 70.8 cm³/mol. The Kier molecular flexibility index (Phi) is 5.47. The van der Waals surface area contributed by atoms with Crippen LogP contribution < -0.4 is 9.47 Å². The topological polar surface area (TPSA) is 45.5 Å². The van der Waals surface area contributed by atoms with Gasteiger partial charge in [-0.25, -0.2) is 0 Å². The number of ether oxygens (including phenoxy) is 2. The molecule has 0 radical (unpaired) electrons. The van der Waals surface area contributed by atoms with Crippen molar-refractivity contribution >= 4 is 0 Å². The van der Waals surface area contributed by atoms with Gasteiger partial charge in [0, 0.05) is 5.56 Å². The molecule has 0 heterocycles.